The number of nitrogens with zero attached hydrogens (tertiary/aromatic N) is 4. The highest BCUT2D eigenvalue weighted by atomic mass is 35.5. The minimum Gasteiger partial charge on any atom is -0.323 e. The van der Waals surface area contributed by atoms with Gasteiger partial charge in [-0.05, 0) is 29.8 Å². The molecular weight excluding hydrogens is 314 g/mol. The van der Waals surface area contributed by atoms with E-state index in [0.717, 1.165) is 11.1 Å². The lowest BCUT2D eigenvalue weighted by molar-refractivity contribution is -0.117. The molecule has 0 saturated heterocycles. The molecule has 0 aliphatic rings. The van der Waals surface area contributed by atoms with Gasteiger partial charge in [-0.15, -0.1) is 10.2 Å². The molecule has 0 aliphatic carbocycles. The molecule has 0 atom stereocenters. The summed E-state index contributed by atoms with van der Waals surface area (Å²) in [6.07, 6.45) is 0. The lowest BCUT2D eigenvalue weighted by Gasteiger charge is -2.07. The largest absolute Gasteiger partial charge is 0.323 e. The summed E-state index contributed by atoms with van der Waals surface area (Å²) in [5.41, 5.74) is 2.44. The van der Waals surface area contributed by atoms with Crippen molar-refractivity contribution in [1.82, 2.24) is 20.2 Å². The van der Waals surface area contributed by atoms with Crippen LogP contribution in [0.2, 0.25) is 5.02 Å². The zero-order valence-electron chi connectivity index (χ0n) is 12.4. The van der Waals surface area contributed by atoms with Crippen LogP contribution >= 0.6 is 11.6 Å². The summed E-state index contributed by atoms with van der Waals surface area (Å²) in [6.45, 7) is 1.89. The Balaban J connectivity index is 1.68. The molecule has 3 rings (SSSR count). The molecule has 2 aromatic carbocycles. The predicted octanol–water partition coefficient (Wildman–Crippen LogP) is 2.94. The highest BCUT2D eigenvalue weighted by Gasteiger charge is 2.10. The van der Waals surface area contributed by atoms with Gasteiger partial charge in [0.05, 0.1) is 10.7 Å². The van der Waals surface area contributed by atoms with E-state index in [4.69, 9.17) is 11.6 Å². The number of aryl methyl sites for hydroxylation is 1. The molecule has 0 bridgehead atoms. The number of halogens is 1. The van der Waals surface area contributed by atoms with Crippen LogP contribution < -0.4 is 5.32 Å². The highest BCUT2D eigenvalue weighted by molar-refractivity contribution is 6.33. The number of benzene rings is 2. The molecule has 0 spiro atoms. The van der Waals surface area contributed by atoms with Gasteiger partial charge in [0.15, 0.2) is 0 Å². The number of nitrogens with one attached hydrogen (secondary N) is 1. The second kappa shape index (κ2) is 6.58. The molecule has 0 saturated carbocycles. The Morgan fingerprint density at radius 1 is 1.22 bits per heavy atom. The van der Waals surface area contributed by atoms with Crippen molar-refractivity contribution < 1.29 is 4.79 Å². The topological polar surface area (TPSA) is 72.7 Å². The van der Waals surface area contributed by atoms with Crippen LogP contribution in [0.3, 0.4) is 0 Å². The molecular formula is C16H14ClN5O. The summed E-state index contributed by atoms with van der Waals surface area (Å²) >= 11 is 6.10. The number of amides is 1. The van der Waals surface area contributed by atoms with Crippen LogP contribution in [-0.4, -0.2) is 26.1 Å². The first-order chi connectivity index (χ1) is 11.1. The number of rotatable bonds is 4. The van der Waals surface area contributed by atoms with E-state index in [1.165, 1.54) is 4.80 Å². The monoisotopic (exact) mass is 327 g/mol. The Morgan fingerprint density at radius 3 is 2.74 bits per heavy atom. The highest BCUT2D eigenvalue weighted by Crippen LogP contribution is 2.22. The van der Waals surface area contributed by atoms with Crippen LogP contribution in [0.5, 0.6) is 0 Å². The van der Waals surface area contributed by atoms with E-state index in [1.54, 1.807) is 12.1 Å². The maximum atomic E-state index is 12.1. The van der Waals surface area contributed by atoms with E-state index in [9.17, 15) is 4.79 Å². The Hall–Kier alpha value is -2.73. The molecule has 0 radical (unpaired) electrons. The first-order valence-electron chi connectivity index (χ1n) is 7.01. The van der Waals surface area contributed by atoms with Crippen molar-refractivity contribution in [2.45, 2.75) is 13.5 Å². The van der Waals surface area contributed by atoms with Gasteiger partial charge >= 0.3 is 0 Å². The van der Waals surface area contributed by atoms with Gasteiger partial charge in [-0.2, -0.15) is 4.80 Å². The summed E-state index contributed by atoms with van der Waals surface area (Å²) in [5.74, 6) is 0.208. The third-order valence-electron chi connectivity index (χ3n) is 3.17. The minimum atomic E-state index is -0.271. The zero-order valence-corrected chi connectivity index (χ0v) is 13.2. The number of hydrogen-bond donors (Lipinski definition) is 1. The number of hydrogen-bond acceptors (Lipinski definition) is 4. The fourth-order valence-electron chi connectivity index (χ4n) is 2.05. The van der Waals surface area contributed by atoms with E-state index < -0.39 is 0 Å². The van der Waals surface area contributed by atoms with E-state index >= 15 is 0 Å². The van der Waals surface area contributed by atoms with Crippen LogP contribution in [0.1, 0.15) is 5.56 Å². The number of carbonyl (C=O) groups excluding carboxylic acids is 1. The Bertz CT molecular complexity index is 831. The molecule has 0 aliphatic heterocycles. The Labute approximate surface area is 138 Å². The van der Waals surface area contributed by atoms with Crippen molar-refractivity contribution in [2.75, 3.05) is 5.32 Å². The standard InChI is InChI=1S/C16H14ClN5O/c1-11-7-8-14(13(17)9-11)18-15(23)10-22-20-16(19-21-22)12-5-3-2-4-6-12/h2-9H,10H2,1H3,(H,18,23). The third-order valence-corrected chi connectivity index (χ3v) is 3.48. The third kappa shape index (κ3) is 3.73. The van der Waals surface area contributed by atoms with Crippen molar-refractivity contribution in [2.24, 2.45) is 0 Å². The van der Waals surface area contributed by atoms with Crippen LogP contribution in [0.15, 0.2) is 48.5 Å². The Kier molecular flexibility index (Phi) is 4.34. The number of aromatic nitrogens is 4. The van der Waals surface area contributed by atoms with E-state index in [2.05, 4.69) is 20.7 Å². The molecule has 3 aromatic rings. The average Bonchev–Trinajstić information content (AvgIpc) is 2.99. The summed E-state index contributed by atoms with van der Waals surface area (Å²) < 4.78 is 0. The normalized spacial score (nSPS) is 10.5. The van der Waals surface area contributed by atoms with Crippen molar-refractivity contribution in [3.63, 3.8) is 0 Å². The van der Waals surface area contributed by atoms with Gasteiger partial charge in [0.1, 0.15) is 6.54 Å². The van der Waals surface area contributed by atoms with Crippen molar-refractivity contribution in [3.05, 3.63) is 59.1 Å². The molecule has 7 heteroatoms. The van der Waals surface area contributed by atoms with Gasteiger partial charge < -0.3 is 5.32 Å². The number of carbonyl (C=O) groups is 1. The van der Waals surface area contributed by atoms with Crippen molar-refractivity contribution in [1.29, 1.82) is 0 Å². The molecule has 0 fully saturated rings. The maximum Gasteiger partial charge on any atom is 0.248 e. The fourth-order valence-corrected chi connectivity index (χ4v) is 2.34. The molecule has 23 heavy (non-hydrogen) atoms. The maximum absolute atomic E-state index is 12.1. The lowest BCUT2D eigenvalue weighted by Crippen LogP contribution is -2.20. The van der Waals surface area contributed by atoms with Gasteiger partial charge in [-0.3, -0.25) is 4.79 Å². The minimum absolute atomic E-state index is 0.0377. The SMILES string of the molecule is Cc1ccc(NC(=O)Cn2nnc(-c3ccccc3)n2)c(Cl)c1. The number of tetrazole rings is 1. The van der Waals surface area contributed by atoms with Crippen LogP contribution in [0, 0.1) is 6.92 Å². The molecule has 6 nitrogen and oxygen atoms in total. The van der Waals surface area contributed by atoms with Gasteiger partial charge in [0, 0.05) is 5.56 Å². The molecule has 1 N–H and O–H groups in total. The molecule has 1 aromatic heterocycles. The van der Waals surface area contributed by atoms with Crippen LogP contribution in [0.25, 0.3) is 11.4 Å². The van der Waals surface area contributed by atoms with E-state index in [-0.39, 0.29) is 12.5 Å². The second-order valence-electron chi connectivity index (χ2n) is 5.04. The first-order valence-corrected chi connectivity index (χ1v) is 7.39. The van der Waals surface area contributed by atoms with Crippen LogP contribution in [0.4, 0.5) is 5.69 Å². The summed E-state index contributed by atoms with van der Waals surface area (Å²) in [4.78, 5) is 13.3. The fraction of sp³-hybridized carbons (Fsp3) is 0.125. The van der Waals surface area contributed by atoms with Gasteiger partial charge in [-0.1, -0.05) is 48.0 Å². The zero-order chi connectivity index (χ0) is 16.2. The van der Waals surface area contributed by atoms with Crippen molar-refractivity contribution >= 4 is 23.2 Å². The lowest BCUT2D eigenvalue weighted by atomic mass is 10.2. The van der Waals surface area contributed by atoms with Gasteiger partial charge in [0.2, 0.25) is 11.7 Å². The van der Waals surface area contributed by atoms with E-state index in [0.29, 0.717) is 16.5 Å². The quantitative estimate of drug-likeness (QED) is 0.799. The van der Waals surface area contributed by atoms with Gasteiger partial charge in [0.25, 0.3) is 0 Å². The Morgan fingerprint density at radius 2 is 2.00 bits per heavy atom. The summed E-state index contributed by atoms with van der Waals surface area (Å²) in [7, 11) is 0. The number of anilines is 1. The summed E-state index contributed by atoms with van der Waals surface area (Å²) in [5, 5.41) is 15.3. The first kappa shape index (κ1) is 15.2. The molecule has 116 valence electrons. The smallest absolute Gasteiger partial charge is 0.248 e. The predicted molar refractivity (Wildman–Crippen MR) is 88.1 cm³/mol. The molecule has 1 heterocycles. The second-order valence-corrected chi connectivity index (χ2v) is 5.45. The molecule has 1 amide bonds. The van der Waals surface area contributed by atoms with Crippen molar-refractivity contribution in [3.8, 4) is 11.4 Å². The van der Waals surface area contributed by atoms with Gasteiger partial charge in [-0.25, -0.2) is 0 Å². The van der Waals surface area contributed by atoms with Crippen LogP contribution in [-0.2, 0) is 11.3 Å². The average molecular weight is 328 g/mol. The van der Waals surface area contributed by atoms with E-state index in [1.807, 2.05) is 43.3 Å². The summed E-state index contributed by atoms with van der Waals surface area (Å²) in [6, 6.07) is 14.9. The molecule has 0 unspecified atom stereocenters.